The number of anilines is 3. The highest BCUT2D eigenvalue weighted by Crippen LogP contribution is 2.40. The van der Waals surface area contributed by atoms with Crippen LogP contribution in [-0.4, -0.2) is 53.7 Å². The van der Waals surface area contributed by atoms with Crippen LogP contribution < -0.4 is 20.5 Å². The lowest BCUT2D eigenvalue weighted by Crippen LogP contribution is -2.37. The zero-order valence-corrected chi connectivity index (χ0v) is 19.7. The summed E-state index contributed by atoms with van der Waals surface area (Å²) in [5.74, 6) is 1.26. The minimum absolute atomic E-state index is 0.0490. The number of benzene rings is 2. The number of hydrogen-bond acceptors (Lipinski definition) is 10. The molecule has 2 aromatic carbocycles. The largest absolute Gasteiger partial charge is 0.493 e. The number of nitrogens with one attached hydrogen (secondary N) is 1. The smallest absolute Gasteiger partial charge is 0.307 e. The van der Waals surface area contributed by atoms with E-state index in [9.17, 15) is 9.18 Å². The average molecular weight is 483 g/mol. The van der Waals surface area contributed by atoms with Gasteiger partial charge in [-0.25, -0.2) is 4.39 Å². The number of halogens is 1. The third kappa shape index (κ3) is 5.57. The van der Waals surface area contributed by atoms with Gasteiger partial charge < -0.3 is 25.3 Å². The molecule has 1 aromatic heterocycles. The molecule has 0 bridgehead atoms. The Morgan fingerprint density at radius 1 is 1.11 bits per heavy atom. The number of nitrogens with two attached hydrogens (primary N) is 1. The summed E-state index contributed by atoms with van der Waals surface area (Å²) in [5.41, 5.74) is 8.57. The summed E-state index contributed by atoms with van der Waals surface area (Å²) >= 11 is 0. The molecule has 3 N–H and O–H groups in total. The molecule has 11 heteroatoms. The molecule has 35 heavy (non-hydrogen) atoms. The van der Waals surface area contributed by atoms with Crippen molar-refractivity contribution in [2.24, 2.45) is 0 Å². The quantitative estimate of drug-likeness (QED) is 0.463. The lowest BCUT2D eigenvalue weighted by Gasteiger charge is -2.36. The van der Waals surface area contributed by atoms with Gasteiger partial charge in [-0.15, -0.1) is 0 Å². The predicted octanol–water partition coefficient (Wildman–Crippen LogP) is 3.02. The summed E-state index contributed by atoms with van der Waals surface area (Å²) in [5, 5.41) is 3.01. The minimum atomic E-state index is -0.345. The number of carbonyl (C=O) groups excluding carboxylic acids is 1. The molecule has 0 saturated carbocycles. The van der Waals surface area contributed by atoms with Crippen molar-refractivity contribution in [1.82, 2.24) is 19.9 Å². The average Bonchev–Trinajstić information content (AvgIpc) is 2.85. The number of carbonyl (C=O) groups is 1. The third-order valence-electron chi connectivity index (χ3n) is 5.85. The maximum atomic E-state index is 13.2. The van der Waals surface area contributed by atoms with Crippen molar-refractivity contribution >= 4 is 23.6 Å². The van der Waals surface area contributed by atoms with Crippen LogP contribution in [0.4, 0.5) is 22.0 Å². The van der Waals surface area contributed by atoms with E-state index in [0.29, 0.717) is 36.1 Å². The van der Waals surface area contributed by atoms with Gasteiger partial charge in [0, 0.05) is 18.3 Å². The third-order valence-corrected chi connectivity index (χ3v) is 5.85. The number of nitrogen functional groups attached to an aromatic ring is 1. The van der Waals surface area contributed by atoms with Crippen LogP contribution in [0.3, 0.4) is 0 Å². The van der Waals surface area contributed by atoms with Crippen molar-refractivity contribution in [3.05, 3.63) is 59.2 Å². The fourth-order valence-electron chi connectivity index (χ4n) is 4.16. The Bertz CT molecular complexity index is 1210. The molecule has 0 amide bonds. The van der Waals surface area contributed by atoms with E-state index >= 15 is 0 Å². The number of esters is 1. The summed E-state index contributed by atoms with van der Waals surface area (Å²) < 4.78 is 29.1. The van der Waals surface area contributed by atoms with Crippen LogP contribution in [-0.2, 0) is 22.5 Å². The van der Waals surface area contributed by atoms with Gasteiger partial charge in [0.25, 0.3) is 0 Å². The van der Waals surface area contributed by atoms with Crippen molar-refractivity contribution < 1.29 is 23.4 Å². The topological polar surface area (TPSA) is 125 Å². The van der Waals surface area contributed by atoms with Crippen LogP contribution >= 0.6 is 0 Å². The van der Waals surface area contributed by atoms with E-state index in [1.165, 1.54) is 19.2 Å². The molecular weight excluding hydrogens is 455 g/mol. The molecular formula is C24H27FN6O4. The van der Waals surface area contributed by atoms with Gasteiger partial charge in [0.1, 0.15) is 11.6 Å². The zero-order valence-electron chi connectivity index (χ0n) is 19.7. The second kappa shape index (κ2) is 10.5. The van der Waals surface area contributed by atoms with Crippen LogP contribution in [0.2, 0.25) is 0 Å². The molecule has 0 aliphatic carbocycles. The second-order valence-electron chi connectivity index (χ2n) is 7.99. The van der Waals surface area contributed by atoms with E-state index in [4.69, 9.17) is 19.9 Å². The van der Waals surface area contributed by atoms with E-state index in [1.54, 1.807) is 26.4 Å². The summed E-state index contributed by atoms with van der Waals surface area (Å²) in [6, 6.07) is 9.37. The molecule has 3 aromatic rings. The minimum Gasteiger partial charge on any atom is -0.493 e. The molecule has 0 saturated heterocycles. The summed E-state index contributed by atoms with van der Waals surface area (Å²) in [6.07, 6.45) is 0.870. The first-order valence-corrected chi connectivity index (χ1v) is 11.0. The highest BCUT2D eigenvalue weighted by Gasteiger charge is 2.32. The lowest BCUT2D eigenvalue weighted by molar-refractivity contribution is -0.142. The van der Waals surface area contributed by atoms with Crippen molar-refractivity contribution in [2.45, 2.75) is 25.4 Å². The molecule has 2 heterocycles. The Morgan fingerprint density at radius 3 is 2.51 bits per heavy atom. The molecule has 0 fully saturated rings. The van der Waals surface area contributed by atoms with Gasteiger partial charge >= 0.3 is 5.97 Å². The van der Waals surface area contributed by atoms with Gasteiger partial charge in [0.15, 0.2) is 11.5 Å². The highest BCUT2D eigenvalue weighted by atomic mass is 19.1. The molecule has 0 radical (unpaired) electrons. The standard InChI is InChI=1S/C24H27FN6O4/c1-33-19-10-14-8-9-31(18(12-22(32)35-3)17(14)11-20(19)34-2)13-21-28-23(26)30-24(29-21)27-16-6-4-15(25)5-7-16/h4-7,10-11,18H,8-9,12-13H2,1-3H3,(H3,26,27,28,29,30). The second-order valence-corrected chi connectivity index (χ2v) is 7.99. The van der Waals surface area contributed by atoms with Crippen LogP contribution in [0.25, 0.3) is 0 Å². The first-order chi connectivity index (χ1) is 16.9. The number of nitrogens with zero attached hydrogens (tertiary/aromatic N) is 4. The maximum absolute atomic E-state index is 13.2. The summed E-state index contributed by atoms with van der Waals surface area (Å²) in [7, 11) is 4.53. The van der Waals surface area contributed by atoms with E-state index in [2.05, 4.69) is 25.2 Å². The van der Waals surface area contributed by atoms with Crippen molar-refractivity contribution in [3.63, 3.8) is 0 Å². The van der Waals surface area contributed by atoms with Crippen molar-refractivity contribution in [2.75, 3.05) is 38.9 Å². The van der Waals surface area contributed by atoms with Crippen molar-refractivity contribution in [1.29, 1.82) is 0 Å². The molecule has 184 valence electrons. The fraction of sp³-hybridized carbons (Fsp3) is 0.333. The monoisotopic (exact) mass is 482 g/mol. The Morgan fingerprint density at radius 2 is 1.83 bits per heavy atom. The zero-order chi connectivity index (χ0) is 24.9. The normalized spacial score (nSPS) is 15.3. The first-order valence-electron chi connectivity index (χ1n) is 11.0. The number of aromatic nitrogens is 3. The Kier molecular flexibility index (Phi) is 7.25. The maximum Gasteiger partial charge on any atom is 0.307 e. The molecule has 1 atom stereocenters. The van der Waals surface area contributed by atoms with Gasteiger partial charge in [-0.2, -0.15) is 15.0 Å². The SMILES string of the molecule is COC(=O)CC1c2cc(OC)c(OC)cc2CCN1Cc1nc(N)nc(Nc2ccc(F)cc2)n1. The molecule has 1 aliphatic rings. The number of rotatable bonds is 8. The van der Waals surface area contributed by atoms with E-state index < -0.39 is 0 Å². The van der Waals surface area contributed by atoms with Crippen LogP contribution in [0, 0.1) is 5.82 Å². The van der Waals surface area contributed by atoms with E-state index in [0.717, 1.165) is 17.5 Å². The van der Waals surface area contributed by atoms with Gasteiger partial charge in [-0.3, -0.25) is 9.69 Å². The van der Waals surface area contributed by atoms with Gasteiger partial charge in [0.2, 0.25) is 11.9 Å². The fourth-order valence-corrected chi connectivity index (χ4v) is 4.16. The van der Waals surface area contributed by atoms with Crippen molar-refractivity contribution in [3.8, 4) is 11.5 Å². The molecule has 1 aliphatic heterocycles. The van der Waals surface area contributed by atoms with Gasteiger partial charge in [0.05, 0.1) is 34.3 Å². The Hall–Kier alpha value is -3.99. The van der Waals surface area contributed by atoms with E-state index in [-0.39, 0.29) is 36.1 Å². The van der Waals surface area contributed by atoms with Gasteiger partial charge in [-0.05, 0) is 53.9 Å². The molecule has 4 rings (SSSR count). The Labute approximate surface area is 202 Å². The number of ether oxygens (including phenoxy) is 3. The van der Waals surface area contributed by atoms with Crippen LogP contribution in [0.1, 0.15) is 29.4 Å². The molecule has 10 nitrogen and oxygen atoms in total. The first kappa shape index (κ1) is 24.1. The highest BCUT2D eigenvalue weighted by molar-refractivity contribution is 5.70. The number of fused-ring (bicyclic) bond motifs is 1. The Balaban J connectivity index is 1.63. The predicted molar refractivity (Wildman–Crippen MR) is 127 cm³/mol. The lowest BCUT2D eigenvalue weighted by atomic mass is 9.90. The molecule has 1 unspecified atom stereocenters. The summed E-state index contributed by atoms with van der Waals surface area (Å²) in [4.78, 5) is 27.3. The van der Waals surface area contributed by atoms with Gasteiger partial charge in [-0.1, -0.05) is 0 Å². The number of methoxy groups -OCH3 is 3. The van der Waals surface area contributed by atoms with Crippen LogP contribution in [0.15, 0.2) is 36.4 Å². The van der Waals surface area contributed by atoms with E-state index in [1.807, 2.05) is 12.1 Å². The molecule has 0 spiro atoms. The summed E-state index contributed by atoms with van der Waals surface area (Å²) in [6.45, 7) is 0.969. The number of hydrogen-bond donors (Lipinski definition) is 2. The van der Waals surface area contributed by atoms with Crippen LogP contribution in [0.5, 0.6) is 11.5 Å².